The molecule has 1 fully saturated rings. The van der Waals surface area contributed by atoms with Crippen molar-refractivity contribution in [1.29, 1.82) is 0 Å². The van der Waals surface area contributed by atoms with Gasteiger partial charge in [0.1, 0.15) is 0 Å². The number of rotatable bonds is 5. The Hall–Kier alpha value is -1.24. The predicted molar refractivity (Wildman–Crippen MR) is 99.5 cm³/mol. The first-order valence-electron chi connectivity index (χ1n) is 7.36. The van der Waals surface area contributed by atoms with Gasteiger partial charge < -0.3 is 15.6 Å². The molecule has 4 nitrogen and oxygen atoms in total. The number of aromatic amines is 1. The lowest BCUT2D eigenvalue weighted by molar-refractivity contribution is 0.735. The molecule has 1 aromatic heterocycles. The summed E-state index contributed by atoms with van der Waals surface area (Å²) in [4.78, 5) is 7.57. The zero-order valence-corrected chi connectivity index (χ0v) is 14.7. The van der Waals surface area contributed by atoms with E-state index in [1.54, 1.807) is 0 Å². The van der Waals surface area contributed by atoms with E-state index in [-0.39, 0.29) is 24.0 Å². The predicted octanol–water partition coefficient (Wildman–Crippen LogP) is 2.90. The maximum absolute atomic E-state index is 4.26. The van der Waals surface area contributed by atoms with Gasteiger partial charge in [0.2, 0.25) is 0 Å². The van der Waals surface area contributed by atoms with E-state index in [1.807, 2.05) is 7.05 Å². The first-order chi connectivity index (χ1) is 9.86. The Morgan fingerprint density at radius 1 is 1.29 bits per heavy atom. The largest absolute Gasteiger partial charge is 0.361 e. The number of hydrogen-bond acceptors (Lipinski definition) is 1. The third kappa shape index (κ3) is 4.36. The number of para-hydroxylation sites is 1. The van der Waals surface area contributed by atoms with Crippen molar-refractivity contribution in [3.63, 3.8) is 0 Å². The van der Waals surface area contributed by atoms with Crippen molar-refractivity contribution in [1.82, 2.24) is 15.6 Å². The molecule has 0 bridgehead atoms. The molecule has 1 aromatic carbocycles. The lowest BCUT2D eigenvalue weighted by Crippen LogP contribution is -2.39. The quantitative estimate of drug-likeness (QED) is 0.412. The molecular weight excluding hydrogens is 375 g/mol. The van der Waals surface area contributed by atoms with E-state index in [1.165, 1.54) is 29.3 Å². The lowest BCUT2D eigenvalue weighted by Gasteiger charge is -2.11. The first-order valence-corrected chi connectivity index (χ1v) is 7.36. The SMILES string of the molecule is CN=C(NCCc1c[nH]c2ccccc12)NCC1CC1.I. The van der Waals surface area contributed by atoms with Crippen LogP contribution < -0.4 is 10.6 Å². The molecule has 1 aliphatic carbocycles. The highest BCUT2D eigenvalue weighted by atomic mass is 127. The van der Waals surface area contributed by atoms with Crippen LogP contribution in [0, 0.1) is 5.92 Å². The average molecular weight is 398 g/mol. The van der Waals surface area contributed by atoms with Gasteiger partial charge in [-0.05, 0) is 36.8 Å². The zero-order valence-electron chi connectivity index (χ0n) is 12.4. The van der Waals surface area contributed by atoms with Crippen LogP contribution >= 0.6 is 24.0 Å². The minimum atomic E-state index is 0. The Labute approximate surface area is 142 Å². The van der Waals surface area contributed by atoms with Crippen molar-refractivity contribution in [2.75, 3.05) is 20.1 Å². The molecule has 2 aromatic rings. The van der Waals surface area contributed by atoms with E-state index in [2.05, 4.69) is 51.1 Å². The molecule has 0 saturated heterocycles. The summed E-state index contributed by atoms with van der Waals surface area (Å²) >= 11 is 0. The number of halogens is 1. The van der Waals surface area contributed by atoms with E-state index in [9.17, 15) is 0 Å². The molecule has 114 valence electrons. The van der Waals surface area contributed by atoms with E-state index in [0.717, 1.165) is 31.4 Å². The van der Waals surface area contributed by atoms with Crippen molar-refractivity contribution < 1.29 is 0 Å². The van der Waals surface area contributed by atoms with Crippen molar-refractivity contribution in [2.45, 2.75) is 19.3 Å². The fraction of sp³-hybridized carbons (Fsp3) is 0.438. The van der Waals surface area contributed by atoms with Crippen LogP contribution in [0.5, 0.6) is 0 Å². The molecule has 1 aliphatic rings. The van der Waals surface area contributed by atoms with Crippen molar-refractivity contribution >= 4 is 40.8 Å². The zero-order chi connectivity index (χ0) is 13.8. The molecule has 3 rings (SSSR count). The van der Waals surface area contributed by atoms with Gasteiger partial charge in [0, 0.05) is 37.2 Å². The van der Waals surface area contributed by atoms with Gasteiger partial charge >= 0.3 is 0 Å². The van der Waals surface area contributed by atoms with Gasteiger partial charge in [-0.2, -0.15) is 0 Å². The van der Waals surface area contributed by atoms with Gasteiger partial charge in [0.05, 0.1) is 0 Å². The van der Waals surface area contributed by atoms with Crippen LogP contribution in [0.4, 0.5) is 0 Å². The van der Waals surface area contributed by atoms with Gasteiger partial charge in [0.15, 0.2) is 5.96 Å². The number of hydrogen-bond donors (Lipinski definition) is 3. The van der Waals surface area contributed by atoms with Gasteiger partial charge in [-0.1, -0.05) is 18.2 Å². The van der Waals surface area contributed by atoms with Crippen LogP contribution in [0.3, 0.4) is 0 Å². The molecule has 0 radical (unpaired) electrons. The van der Waals surface area contributed by atoms with Crippen LogP contribution in [-0.4, -0.2) is 31.1 Å². The molecule has 5 heteroatoms. The summed E-state index contributed by atoms with van der Waals surface area (Å²) in [5, 5.41) is 8.08. The van der Waals surface area contributed by atoms with Crippen LogP contribution in [0.1, 0.15) is 18.4 Å². The second-order valence-corrected chi connectivity index (χ2v) is 5.43. The molecule has 0 spiro atoms. The summed E-state index contributed by atoms with van der Waals surface area (Å²) in [7, 11) is 1.83. The molecule has 1 saturated carbocycles. The molecule has 3 N–H and O–H groups in total. The first kappa shape index (κ1) is 16.1. The number of aromatic nitrogens is 1. The van der Waals surface area contributed by atoms with Gasteiger partial charge in [0.25, 0.3) is 0 Å². The van der Waals surface area contributed by atoms with E-state index in [4.69, 9.17) is 0 Å². The maximum Gasteiger partial charge on any atom is 0.190 e. The second kappa shape index (κ2) is 7.68. The third-order valence-electron chi connectivity index (χ3n) is 3.84. The molecule has 0 aliphatic heterocycles. The van der Waals surface area contributed by atoms with Crippen LogP contribution in [-0.2, 0) is 6.42 Å². The number of fused-ring (bicyclic) bond motifs is 1. The Kier molecular flexibility index (Phi) is 5.90. The molecular formula is C16H23IN4. The molecule has 0 atom stereocenters. The molecule has 0 amide bonds. The van der Waals surface area contributed by atoms with Crippen LogP contribution in [0.15, 0.2) is 35.5 Å². The standard InChI is InChI=1S/C16H22N4.HI/c1-17-16(20-10-12-6-7-12)18-9-8-13-11-19-15-5-3-2-4-14(13)15;/h2-5,11-12,19H,6-10H2,1H3,(H2,17,18,20);1H. The molecule has 1 heterocycles. The van der Waals surface area contributed by atoms with Gasteiger partial charge in [-0.15, -0.1) is 24.0 Å². The number of nitrogens with zero attached hydrogens (tertiary/aromatic N) is 1. The minimum Gasteiger partial charge on any atom is -0.361 e. The number of guanidine groups is 1. The Bertz CT molecular complexity index is 601. The number of nitrogens with one attached hydrogen (secondary N) is 3. The van der Waals surface area contributed by atoms with Crippen molar-refractivity contribution in [3.8, 4) is 0 Å². The third-order valence-corrected chi connectivity index (χ3v) is 3.84. The second-order valence-electron chi connectivity index (χ2n) is 5.43. The molecule has 21 heavy (non-hydrogen) atoms. The number of aliphatic imine (C=N–C) groups is 1. The smallest absolute Gasteiger partial charge is 0.190 e. The van der Waals surface area contributed by atoms with Gasteiger partial charge in [-0.25, -0.2) is 0 Å². The summed E-state index contributed by atoms with van der Waals surface area (Å²) in [6, 6.07) is 8.43. The summed E-state index contributed by atoms with van der Waals surface area (Å²) < 4.78 is 0. The van der Waals surface area contributed by atoms with E-state index >= 15 is 0 Å². The summed E-state index contributed by atoms with van der Waals surface area (Å²) in [5.41, 5.74) is 2.56. The highest BCUT2D eigenvalue weighted by Crippen LogP contribution is 2.27. The highest BCUT2D eigenvalue weighted by Gasteiger charge is 2.20. The minimum absolute atomic E-state index is 0. The monoisotopic (exact) mass is 398 g/mol. The van der Waals surface area contributed by atoms with E-state index < -0.39 is 0 Å². The van der Waals surface area contributed by atoms with Crippen LogP contribution in [0.2, 0.25) is 0 Å². The normalized spacial score (nSPS) is 14.8. The average Bonchev–Trinajstić information content (AvgIpc) is 3.23. The summed E-state index contributed by atoms with van der Waals surface area (Å²) in [6.45, 7) is 1.94. The van der Waals surface area contributed by atoms with Crippen molar-refractivity contribution in [2.24, 2.45) is 10.9 Å². The fourth-order valence-corrected chi connectivity index (χ4v) is 2.44. The Morgan fingerprint density at radius 2 is 2.10 bits per heavy atom. The van der Waals surface area contributed by atoms with E-state index in [0.29, 0.717) is 0 Å². The topological polar surface area (TPSA) is 52.2 Å². The van der Waals surface area contributed by atoms with Crippen LogP contribution in [0.25, 0.3) is 10.9 Å². The Balaban J connectivity index is 0.00000161. The maximum atomic E-state index is 4.26. The summed E-state index contributed by atoms with van der Waals surface area (Å²) in [5.74, 6) is 1.78. The fourth-order valence-electron chi connectivity index (χ4n) is 2.44. The molecule has 0 unspecified atom stereocenters. The Morgan fingerprint density at radius 3 is 2.86 bits per heavy atom. The van der Waals surface area contributed by atoms with Gasteiger partial charge in [-0.3, -0.25) is 4.99 Å². The number of H-pyrrole nitrogens is 1. The van der Waals surface area contributed by atoms with Crippen molar-refractivity contribution in [3.05, 3.63) is 36.0 Å². The lowest BCUT2D eigenvalue weighted by atomic mass is 10.1. The number of benzene rings is 1. The highest BCUT2D eigenvalue weighted by molar-refractivity contribution is 14.0. The summed E-state index contributed by atoms with van der Waals surface area (Å²) in [6.07, 6.45) is 5.82.